The molecule has 3 rings (SSSR count). The Bertz CT molecular complexity index is 486. The average molecular weight is 357 g/mol. The van der Waals surface area contributed by atoms with Gasteiger partial charge in [0.1, 0.15) is 0 Å². The largest absolute Gasteiger partial charge is 0.103 e. The van der Waals surface area contributed by atoms with Crippen LogP contribution in [0.3, 0.4) is 0 Å². The minimum Gasteiger partial charge on any atom is -0.103 e. The molecule has 0 radical (unpaired) electrons. The van der Waals surface area contributed by atoms with E-state index in [9.17, 15) is 0 Å². The Morgan fingerprint density at radius 3 is 2.15 bits per heavy atom. The van der Waals surface area contributed by atoms with Gasteiger partial charge in [0, 0.05) is 12.8 Å². The van der Waals surface area contributed by atoms with Crippen LogP contribution >= 0.6 is 0 Å². The molecule has 3 aliphatic carbocycles. The molecule has 0 aromatic carbocycles. The third-order valence-electron chi connectivity index (χ3n) is 7.43. The zero-order chi connectivity index (χ0) is 19.0. The molecule has 0 aromatic rings. The van der Waals surface area contributed by atoms with Crippen LogP contribution in [0, 0.1) is 40.9 Å². The van der Waals surface area contributed by atoms with Crippen molar-refractivity contribution in [2.75, 3.05) is 0 Å². The molecule has 0 nitrogen and oxygen atoms in total. The van der Waals surface area contributed by atoms with Crippen LogP contribution in [0.4, 0.5) is 0 Å². The highest BCUT2D eigenvalue weighted by atomic mass is 14.6. The Morgan fingerprint density at radius 1 is 0.962 bits per heavy atom. The smallest absolute Gasteiger partial charge is 0.0299 e. The maximum Gasteiger partial charge on any atom is 0.0299 e. The van der Waals surface area contributed by atoms with Gasteiger partial charge in [-0.3, -0.25) is 0 Å². The second kappa shape index (κ2) is 10.6. The third kappa shape index (κ3) is 5.65. The first kappa shape index (κ1) is 21.6. The molecule has 0 heteroatoms. The van der Waals surface area contributed by atoms with E-state index in [2.05, 4.69) is 46.1 Å². The van der Waals surface area contributed by atoms with Crippen molar-refractivity contribution in [3.05, 3.63) is 12.2 Å². The van der Waals surface area contributed by atoms with Gasteiger partial charge in [-0.1, -0.05) is 97.1 Å². The lowest BCUT2D eigenvalue weighted by Crippen LogP contribution is -2.56. The van der Waals surface area contributed by atoms with Crippen LogP contribution in [0.5, 0.6) is 0 Å². The summed E-state index contributed by atoms with van der Waals surface area (Å²) in [5.74, 6) is 10.3. The van der Waals surface area contributed by atoms with Gasteiger partial charge in [-0.2, -0.15) is 0 Å². The highest BCUT2D eigenvalue weighted by molar-refractivity contribution is 5.22. The lowest BCUT2D eigenvalue weighted by atomic mass is 9.41. The Labute approximate surface area is 164 Å². The second-order valence-electron chi connectivity index (χ2n) is 9.87. The fourth-order valence-electron chi connectivity index (χ4n) is 5.85. The molecule has 0 aliphatic heterocycles. The highest BCUT2D eigenvalue weighted by Crippen LogP contribution is 2.64. The quantitative estimate of drug-likeness (QED) is 0.199. The molecule has 4 atom stereocenters. The zero-order valence-electron chi connectivity index (χ0n) is 18.2. The minimum absolute atomic E-state index is 0.506. The topological polar surface area (TPSA) is 0 Å². The standard InChI is InChI=1S/C26H44/c1-6-7-8-9-10-11-12-13-14-15-16-17-18-21(2)24-23-19-20-26(4,5)25(24)22(23)3/h22-25H,2,6-15,18-20H2,1,3-5H3. The zero-order valence-corrected chi connectivity index (χ0v) is 18.2. The number of unbranched alkanes of at least 4 members (excludes halogenated alkanes) is 9. The van der Waals surface area contributed by atoms with Crippen molar-refractivity contribution < 1.29 is 0 Å². The first-order valence-electron chi connectivity index (χ1n) is 11.6. The summed E-state index contributed by atoms with van der Waals surface area (Å²) in [6.07, 6.45) is 17.4. The lowest BCUT2D eigenvalue weighted by Gasteiger charge is -2.63. The van der Waals surface area contributed by atoms with Crippen LogP contribution in [0.2, 0.25) is 0 Å². The molecule has 0 amide bonds. The maximum absolute atomic E-state index is 4.45. The van der Waals surface area contributed by atoms with E-state index in [1.54, 1.807) is 0 Å². The van der Waals surface area contributed by atoms with Gasteiger partial charge in [-0.05, 0) is 48.3 Å². The molecule has 0 aromatic heterocycles. The van der Waals surface area contributed by atoms with Crippen molar-refractivity contribution in [2.45, 2.75) is 111 Å². The lowest BCUT2D eigenvalue weighted by molar-refractivity contribution is -0.121. The van der Waals surface area contributed by atoms with Crippen LogP contribution in [-0.2, 0) is 0 Å². The molecule has 0 saturated heterocycles. The summed E-state index contributed by atoms with van der Waals surface area (Å²) in [6, 6.07) is 0. The highest BCUT2D eigenvalue weighted by Gasteiger charge is 2.57. The predicted octanol–water partition coefficient (Wildman–Crippen LogP) is 8.18. The first-order valence-corrected chi connectivity index (χ1v) is 11.6. The van der Waals surface area contributed by atoms with E-state index in [1.165, 1.54) is 76.2 Å². The second-order valence-corrected chi connectivity index (χ2v) is 9.87. The summed E-state index contributed by atoms with van der Waals surface area (Å²) in [7, 11) is 0. The molecule has 148 valence electrons. The van der Waals surface area contributed by atoms with E-state index in [0.29, 0.717) is 5.41 Å². The number of rotatable bonds is 11. The van der Waals surface area contributed by atoms with E-state index < -0.39 is 0 Å². The molecule has 3 saturated carbocycles. The number of allylic oxidation sites excluding steroid dienone is 1. The summed E-state index contributed by atoms with van der Waals surface area (Å²) in [5.41, 5.74) is 1.94. The normalized spacial score (nSPS) is 28.8. The molecule has 2 bridgehead atoms. The van der Waals surface area contributed by atoms with Gasteiger partial charge in [0.2, 0.25) is 0 Å². The maximum atomic E-state index is 4.45. The Hall–Kier alpha value is -0.700. The van der Waals surface area contributed by atoms with Gasteiger partial charge in [0.05, 0.1) is 0 Å². The number of hydrogen-bond acceptors (Lipinski definition) is 0. The van der Waals surface area contributed by atoms with Gasteiger partial charge in [0.25, 0.3) is 0 Å². The summed E-state index contributed by atoms with van der Waals surface area (Å²) < 4.78 is 0. The summed E-state index contributed by atoms with van der Waals surface area (Å²) >= 11 is 0. The Kier molecular flexibility index (Phi) is 8.79. The van der Waals surface area contributed by atoms with Crippen molar-refractivity contribution in [3.63, 3.8) is 0 Å². The molecule has 0 spiro atoms. The van der Waals surface area contributed by atoms with E-state index in [1.807, 2.05) is 0 Å². The van der Waals surface area contributed by atoms with Crippen LogP contribution < -0.4 is 0 Å². The monoisotopic (exact) mass is 356 g/mol. The van der Waals surface area contributed by atoms with E-state index in [-0.39, 0.29) is 0 Å². The Balaban J connectivity index is 1.54. The fourth-order valence-corrected chi connectivity index (χ4v) is 5.85. The van der Waals surface area contributed by atoms with Gasteiger partial charge < -0.3 is 0 Å². The van der Waals surface area contributed by atoms with Crippen molar-refractivity contribution in [3.8, 4) is 11.8 Å². The molecular weight excluding hydrogens is 312 g/mol. The van der Waals surface area contributed by atoms with E-state index >= 15 is 0 Å². The van der Waals surface area contributed by atoms with Crippen molar-refractivity contribution in [1.29, 1.82) is 0 Å². The van der Waals surface area contributed by atoms with Gasteiger partial charge >= 0.3 is 0 Å². The molecular formula is C26H44. The van der Waals surface area contributed by atoms with Crippen LogP contribution in [0.15, 0.2) is 12.2 Å². The molecule has 4 unspecified atom stereocenters. The van der Waals surface area contributed by atoms with E-state index in [0.717, 1.165) is 36.5 Å². The van der Waals surface area contributed by atoms with Gasteiger partial charge in [-0.25, -0.2) is 0 Å². The fraction of sp³-hybridized carbons (Fsp3) is 0.846. The van der Waals surface area contributed by atoms with E-state index in [4.69, 9.17) is 0 Å². The Morgan fingerprint density at radius 2 is 1.58 bits per heavy atom. The number of hydrogen-bond donors (Lipinski definition) is 0. The SMILES string of the molecule is C=C(CC#CCCCCCCCCCCC)C1C2CCC(C)(C)C1C2C. The van der Waals surface area contributed by atoms with Crippen molar-refractivity contribution in [2.24, 2.45) is 29.1 Å². The minimum atomic E-state index is 0.506. The molecule has 3 aliphatic rings. The van der Waals surface area contributed by atoms with Crippen LogP contribution in [-0.4, -0.2) is 0 Å². The summed E-state index contributed by atoms with van der Waals surface area (Å²) in [6.45, 7) is 14.1. The predicted molar refractivity (Wildman–Crippen MR) is 116 cm³/mol. The summed E-state index contributed by atoms with van der Waals surface area (Å²) in [5, 5.41) is 0. The van der Waals surface area contributed by atoms with Gasteiger partial charge in [0.15, 0.2) is 0 Å². The van der Waals surface area contributed by atoms with Gasteiger partial charge in [-0.15, -0.1) is 5.92 Å². The molecule has 3 fully saturated rings. The third-order valence-corrected chi connectivity index (χ3v) is 7.43. The first-order chi connectivity index (χ1) is 12.5. The van der Waals surface area contributed by atoms with Crippen molar-refractivity contribution >= 4 is 0 Å². The number of fused-ring (bicyclic) bond motifs is 2. The van der Waals surface area contributed by atoms with Crippen molar-refractivity contribution in [1.82, 2.24) is 0 Å². The summed E-state index contributed by atoms with van der Waals surface area (Å²) in [4.78, 5) is 0. The molecule has 26 heavy (non-hydrogen) atoms. The van der Waals surface area contributed by atoms with Crippen LogP contribution in [0.25, 0.3) is 0 Å². The molecule has 0 N–H and O–H groups in total. The van der Waals surface area contributed by atoms with Crippen LogP contribution in [0.1, 0.15) is 111 Å². The molecule has 0 heterocycles. The average Bonchev–Trinajstić information content (AvgIpc) is 2.59.